The molecular formula is C27H22ClNO7. The molecule has 3 aliphatic heterocycles. The molecule has 184 valence electrons. The molecule has 0 radical (unpaired) electrons. The van der Waals surface area contributed by atoms with Crippen molar-refractivity contribution in [3.8, 4) is 5.75 Å². The maximum absolute atomic E-state index is 14.3. The molecule has 0 unspecified atom stereocenters. The predicted molar refractivity (Wildman–Crippen MR) is 129 cm³/mol. The van der Waals surface area contributed by atoms with Crippen LogP contribution < -0.4 is 4.74 Å². The first-order chi connectivity index (χ1) is 17.2. The van der Waals surface area contributed by atoms with Gasteiger partial charge in [-0.15, -0.1) is 0 Å². The third-order valence-electron chi connectivity index (χ3n) is 7.06. The first-order valence-corrected chi connectivity index (χ1v) is 11.5. The van der Waals surface area contributed by atoms with E-state index in [-0.39, 0.29) is 22.6 Å². The van der Waals surface area contributed by atoms with E-state index in [4.69, 9.17) is 25.8 Å². The van der Waals surface area contributed by atoms with Crippen molar-refractivity contribution in [3.05, 3.63) is 80.6 Å². The van der Waals surface area contributed by atoms with Crippen molar-refractivity contribution >= 4 is 41.7 Å². The molecule has 0 aromatic heterocycles. The number of methoxy groups -OCH3 is 2. The molecule has 0 bridgehead atoms. The molecule has 0 saturated heterocycles. The Morgan fingerprint density at radius 2 is 1.81 bits per heavy atom. The lowest BCUT2D eigenvalue weighted by atomic mass is 9.61. The summed E-state index contributed by atoms with van der Waals surface area (Å²) in [6, 6.07) is 9.27. The quantitative estimate of drug-likeness (QED) is 0.351. The third kappa shape index (κ3) is 3.00. The fraction of sp³-hybridized carbons (Fsp3) is 0.259. The molecule has 2 aromatic rings. The monoisotopic (exact) mass is 507 g/mol. The van der Waals surface area contributed by atoms with Crippen molar-refractivity contribution in [2.24, 2.45) is 5.41 Å². The highest BCUT2D eigenvalue weighted by Crippen LogP contribution is 2.58. The average Bonchev–Trinajstić information content (AvgIpc) is 2.88. The van der Waals surface area contributed by atoms with Crippen molar-refractivity contribution in [2.45, 2.75) is 26.0 Å². The van der Waals surface area contributed by atoms with Crippen LogP contribution >= 0.6 is 11.6 Å². The Labute approximate surface area is 212 Å². The Bertz CT molecular complexity index is 1430. The van der Waals surface area contributed by atoms with Crippen LogP contribution in [0, 0.1) is 12.3 Å². The fourth-order valence-electron chi connectivity index (χ4n) is 5.43. The molecule has 2 aromatic carbocycles. The van der Waals surface area contributed by atoms with Gasteiger partial charge in [-0.2, -0.15) is 0 Å². The van der Waals surface area contributed by atoms with Gasteiger partial charge in [0.15, 0.2) is 17.3 Å². The fourth-order valence-corrected chi connectivity index (χ4v) is 5.59. The second kappa shape index (κ2) is 8.34. The Balaban J connectivity index is 1.94. The van der Waals surface area contributed by atoms with Crippen molar-refractivity contribution in [2.75, 3.05) is 14.2 Å². The summed E-state index contributed by atoms with van der Waals surface area (Å²) in [6.07, 6.45) is 0.864. The summed E-state index contributed by atoms with van der Waals surface area (Å²) in [5, 5.41) is 0.331. The van der Waals surface area contributed by atoms with E-state index in [0.29, 0.717) is 28.1 Å². The summed E-state index contributed by atoms with van der Waals surface area (Å²) in [6.45, 7) is 3.46. The number of Topliss-reactive ketones (excluding diaryl/α,β-unsaturated/α-hetero) is 1. The van der Waals surface area contributed by atoms with Crippen LogP contribution in [-0.4, -0.2) is 49.2 Å². The summed E-state index contributed by atoms with van der Waals surface area (Å²) in [5.41, 5.74) is 0.293. The topological polar surface area (TPSA) is 99.2 Å². The minimum atomic E-state index is -1.95. The van der Waals surface area contributed by atoms with Crippen molar-refractivity contribution in [1.82, 2.24) is 4.90 Å². The summed E-state index contributed by atoms with van der Waals surface area (Å²) >= 11 is 6.34. The summed E-state index contributed by atoms with van der Waals surface area (Å²) in [4.78, 5) is 55.4. The summed E-state index contributed by atoms with van der Waals surface area (Å²) in [5.74, 6) is -2.17. The van der Waals surface area contributed by atoms with Crippen LogP contribution in [0.15, 0.2) is 53.4 Å². The van der Waals surface area contributed by atoms with Crippen LogP contribution in [0.2, 0.25) is 5.02 Å². The van der Waals surface area contributed by atoms with Gasteiger partial charge in [-0.25, -0.2) is 9.59 Å². The molecule has 0 N–H and O–H groups in total. The zero-order valence-corrected chi connectivity index (χ0v) is 20.7. The van der Waals surface area contributed by atoms with Gasteiger partial charge < -0.3 is 23.9 Å². The Morgan fingerprint density at radius 3 is 2.47 bits per heavy atom. The van der Waals surface area contributed by atoms with Crippen LogP contribution in [0.1, 0.15) is 40.0 Å². The van der Waals surface area contributed by atoms with Crippen LogP contribution in [0.5, 0.6) is 5.75 Å². The molecule has 3 atom stereocenters. The molecule has 8 nitrogen and oxygen atoms in total. The Morgan fingerprint density at radius 1 is 1.11 bits per heavy atom. The Hall–Kier alpha value is -3.91. The zero-order chi connectivity index (χ0) is 25.9. The second-order valence-corrected chi connectivity index (χ2v) is 9.32. The largest absolute Gasteiger partial charge is 0.483 e. The second-order valence-electron chi connectivity index (χ2n) is 8.91. The number of esters is 2. The number of aldehydes is 1. The number of benzene rings is 2. The van der Waals surface area contributed by atoms with Crippen molar-refractivity contribution in [1.29, 1.82) is 0 Å². The number of hydrogen-bond acceptors (Lipinski definition) is 8. The number of carbonyl (C=O) groups is 4. The Kier molecular flexibility index (Phi) is 5.52. The maximum Gasteiger partial charge on any atom is 0.355 e. The number of rotatable bonds is 3. The maximum atomic E-state index is 14.3. The summed E-state index contributed by atoms with van der Waals surface area (Å²) in [7, 11) is 2.33. The lowest BCUT2D eigenvalue weighted by Gasteiger charge is -2.54. The zero-order valence-electron chi connectivity index (χ0n) is 20.0. The van der Waals surface area contributed by atoms with E-state index in [1.807, 2.05) is 18.2 Å². The van der Waals surface area contributed by atoms with Crippen LogP contribution in [0.3, 0.4) is 0 Å². The molecule has 3 aliphatic rings. The molecule has 36 heavy (non-hydrogen) atoms. The molecule has 0 spiro atoms. The predicted octanol–water partition coefficient (Wildman–Crippen LogP) is 3.81. The highest BCUT2D eigenvalue weighted by molar-refractivity contribution is 6.32. The number of aryl methyl sites for hydroxylation is 1. The van der Waals surface area contributed by atoms with Gasteiger partial charge in [0.1, 0.15) is 23.3 Å². The number of nitrogens with zero attached hydrogens (tertiary/aromatic N) is 1. The normalized spacial score (nSPS) is 23.9. The number of ketones is 1. The van der Waals surface area contributed by atoms with Crippen LogP contribution in [0.25, 0.3) is 6.08 Å². The first kappa shape index (κ1) is 23.8. The molecular weight excluding hydrogens is 486 g/mol. The molecule has 3 heterocycles. The number of fused-ring (bicyclic) bond motifs is 6. The van der Waals surface area contributed by atoms with E-state index in [0.717, 1.165) is 12.7 Å². The average molecular weight is 508 g/mol. The number of allylic oxidation sites excluding steroid dienone is 1. The van der Waals surface area contributed by atoms with Crippen LogP contribution in [-0.2, 0) is 23.9 Å². The molecule has 5 rings (SSSR count). The highest BCUT2D eigenvalue weighted by Gasteiger charge is 2.66. The van der Waals surface area contributed by atoms with Crippen molar-refractivity contribution < 1.29 is 33.4 Å². The summed E-state index contributed by atoms with van der Waals surface area (Å²) < 4.78 is 16.4. The van der Waals surface area contributed by atoms with Gasteiger partial charge in [-0.1, -0.05) is 35.9 Å². The smallest absolute Gasteiger partial charge is 0.355 e. The molecule has 0 amide bonds. The minimum Gasteiger partial charge on any atom is -0.483 e. The number of ether oxygens (including phenoxy) is 3. The number of carbonyl (C=O) groups excluding carboxylic acids is 4. The van der Waals surface area contributed by atoms with Crippen molar-refractivity contribution in [3.63, 3.8) is 0 Å². The first-order valence-electron chi connectivity index (χ1n) is 11.2. The van der Waals surface area contributed by atoms with E-state index < -0.39 is 35.3 Å². The minimum absolute atomic E-state index is 0.115. The van der Waals surface area contributed by atoms with Gasteiger partial charge in [-0.3, -0.25) is 4.79 Å². The molecule has 0 aliphatic carbocycles. The van der Waals surface area contributed by atoms with Gasteiger partial charge in [0.05, 0.1) is 25.8 Å². The van der Waals surface area contributed by atoms with E-state index in [1.165, 1.54) is 18.1 Å². The number of hydrogen-bond donors (Lipinski definition) is 0. The van der Waals surface area contributed by atoms with Gasteiger partial charge in [0.2, 0.25) is 0 Å². The van der Waals surface area contributed by atoms with Gasteiger partial charge >= 0.3 is 11.9 Å². The van der Waals surface area contributed by atoms with Gasteiger partial charge in [-0.05, 0) is 48.7 Å². The van der Waals surface area contributed by atoms with E-state index in [2.05, 4.69) is 0 Å². The van der Waals surface area contributed by atoms with E-state index in [9.17, 15) is 19.2 Å². The number of halogens is 1. The van der Waals surface area contributed by atoms with E-state index >= 15 is 0 Å². The molecule has 0 fully saturated rings. The van der Waals surface area contributed by atoms with Gasteiger partial charge in [0.25, 0.3) is 0 Å². The lowest BCUT2D eigenvalue weighted by Crippen LogP contribution is -2.63. The van der Waals surface area contributed by atoms with Gasteiger partial charge in [0, 0.05) is 10.7 Å². The SMILES string of the molecule is COC(=O)C1=C(C(=O)OC)N2C(C)=Cc3ccccc3[C@@H]2[C@@]2(C=O)C(=O)c3cc(Cl)c(C)cc3O[C@H]12. The lowest BCUT2D eigenvalue weighted by molar-refractivity contribution is -0.146. The molecule has 9 heteroatoms. The van der Waals surface area contributed by atoms with Crippen LogP contribution in [0.4, 0.5) is 0 Å². The third-order valence-corrected chi connectivity index (χ3v) is 7.47. The molecule has 0 saturated carbocycles. The highest BCUT2D eigenvalue weighted by atomic mass is 35.5. The van der Waals surface area contributed by atoms with E-state index in [1.54, 1.807) is 32.0 Å². The standard InChI is InChI=1S/C27H22ClNO7/c1-13-9-19-17(11-18(13)28)23(31)27(12-30)22-16-8-6-5-7-15(16)10-14(2)29(22)21(26(33)35-4)20(24(27)36-19)25(32)34-3/h5-12,22,24H,1-4H3/t22-,24-,27+/m1/s1.